The van der Waals surface area contributed by atoms with Crippen LogP contribution < -0.4 is 6.15 Å². The molecule has 0 aliphatic rings. The largest absolute Gasteiger partial charge is 0.481 e. The third-order valence-electron chi connectivity index (χ3n) is 1.60. The Morgan fingerprint density at radius 1 is 0.882 bits per heavy atom. The van der Waals surface area contributed by atoms with Gasteiger partial charge in [-0.3, -0.25) is 14.4 Å². The lowest BCUT2D eigenvalue weighted by molar-refractivity contribution is -0.159. The highest BCUT2D eigenvalue weighted by Crippen LogP contribution is 2.26. The molecule has 0 aliphatic heterocycles. The molecule has 0 radical (unpaired) electrons. The summed E-state index contributed by atoms with van der Waals surface area (Å²) in [6, 6.07) is 0. The molecule has 0 atom stereocenters. The van der Waals surface area contributed by atoms with E-state index in [1.165, 1.54) is 0 Å². The van der Waals surface area contributed by atoms with Gasteiger partial charge >= 0.3 is 17.9 Å². The molecular weight excluding hydrogens is 230 g/mol. The van der Waals surface area contributed by atoms with Crippen molar-refractivity contribution in [2.45, 2.75) is 42.0 Å². The Balaban J connectivity index is -0.000000120. The average Bonchev–Trinajstić information content (AvgIpc) is 1.82. The molecule has 7 nitrogen and oxygen atoms in total. The lowest BCUT2D eigenvalue weighted by Crippen LogP contribution is -2.32. The molecule has 0 fully saturated rings. The normalized spacial score (nSPS) is 8.29. The molecule has 0 saturated carbocycles. The molecule has 6 N–H and O–H groups in total. The van der Waals surface area contributed by atoms with Crippen LogP contribution in [0.5, 0.6) is 0 Å². The molecule has 106 valence electrons. The summed E-state index contributed by atoms with van der Waals surface area (Å²) in [6.45, 7) is 1.09. The van der Waals surface area contributed by atoms with Crippen molar-refractivity contribution in [1.82, 2.24) is 6.15 Å². The zero-order valence-electron chi connectivity index (χ0n) is 7.69. The molecule has 0 saturated heterocycles. The highest BCUT2D eigenvalue weighted by molar-refractivity contribution is 5.85. The molecule has 0 bridgehead atoms. The van der Waals surface area contributed by atoms with Crippen LogP contribution in [-0.4, -0.2) is 33.2 Å². The van der Waals surface area contributed by atoms with Gasteiger partial charge in [-0.15, -0.1) is 0 Å². The molecule has 0 aromatic rings. The first-order valence-corrected chi connectivity index (χ1v) is 3.45. The van der Waals surface area contributed by atoms with Crippen LogP contribution in [0.3, 0.4) is 0 Å². The van der Waals surface area contributed by atoms with E-state index in [2.05, 4.69) is 0 Å². The third kappa shape index (κ3) is 10.6. The van der Waals surface area contributed by atoms with Gasteiger partial charge in [0, 0.05) is 0 Å². The highest BCUT2D eigenvalue weighted by atomic mass is 16.4. The predicted octanol–water partition coefficient (Wildman–Crippen LogP) is 2.10. The molecule has 0 amide bonds. The first-order valence-electron chi connectivity index (χ1n) is 3.45. The van der Waals surface area contributed by atoms with E-state index >= 15 is 0 Å². The fourth-order valence-electron chi connectivity index (χ4n) is 0.881. The number of carboxylic acids is 3. The van der Waals surface area contributed by atoms with E-state index < -0.39 is 36.2 Å². The van der Waals surface area contributed by atoms with Gasteiger partial charge in [0.05, 0.1) is 18.3 Å². The number of aliphatic carboxylic acids is 3. The molecule has 17 heavy (non-hydrogen) atoms. The smallest absolute Gasteiger partial charge is 0.310 e. The van der Waals surface area contributed by atoms with Crippen molar-refractivity contribution in [3.8, 4) is 0 Å². The molecule has 0 spiro atoms. The Bertz CT molecular complexity index is 235. The standard InChI is InChI=1S/C7H10O6.3CH4.H3N/c1-7(6(12)13,2-4(8)9)3-5(10)11;;;;/h2-3H2,1H3,(H,8,9)(H,10,11)(H,12,13);3*1H4;1H3. The van der Waals surface area contributed by atoms with Crippen molar-refractivity contribution in [2.24, 2.45) is 5.41 Å². The van der Waals surface area contributed by atoms with Gasteiger partial charge < -0.3 is 21.5 Å². The van der Waals surface area contributed by atoms with Gasteiger partial charge in [-0.05, 0) is 6.92 Å². The quantitative estimate of drug-likeness (QED) is 0.587. The maximum Gasteiger partial charge on any atom is 0.310 e. The van der Waals surface area contributed by atoms with Crippen LogP contribution in [0.4, 0.5) is 0 Å². The second kappa shape index (κ2) is 10.9. The number of hydrogen-bond acceptors (Lipinski definition) is 4. The first kappa shape index (κ1) is 29.5. The maximum absolute atomic E-state index is 10.6. The predicted molar refractivity (Wildman–Crippen MR) is 65.5 cm³/mol. The van der Waals surface area contributed by atoms with E-state index in [-0.39, 0.29) is 28.4 Å². The summed E-state index contributed by atoms with van der Waals surface area (Å²) in [5, 5.41) is 25.3. The first-order chi connectivity index (χ1) is 5.78. The van der Waals surface area contributed by atoms with Crippen molar-refractivity contribution in [3.05, 3.63) is 0 Å². The molecule has 0 heterocycles. The van der Waals surface area contributed by atoms with Crippen molar-refractivity contribution in [1.29, 1.82) is 0 Å². The third-order valence-corrected chi connectivity index (χ3v) is 1.60. The summed E-state index contributed by atoms with van der Waals surface area (Å²) in [7, 11) is 0. The number of carbonyl (C=O) groups is 3. The summed E-state index contributed by atoms with van der Waals surface area (Å²) in [6.07, 6.45) is -1.40. The highest BCUT2D eigenvalue weighted by Gasteiger charge is 2.38. The van der Waals surface area contributed by atoms with Crippen molar-refractivity contribution in [3.63, 3.8) is 0 Å². The zero-order chi connectivity index (χ0) is 10.6. The molecule has 7 heteroatoms. The average molecular weight is 255 g/mol. The van der Waals surface area contributed by atoms with Gasteiger partial charge in [0.25, 0.3) is 0 Å². The SMILES string of the molecule is C.C.C.CC(CC(=O)O)(CC(=O)O)C(=O)O.N. The van der Waals surface area contributed by atoms with Crippen LogP contribution in [0.1, 0.15) is 42.0 Å². The molecule has 0 aromatic heterocycles. The van der Waals surface area contributed by atoms with Gasteiger partial charge in [0.2, 0.25) is 0 Å². The Labute approximate surface area is 102 Å². The second-order valence-electron chi connectivity index (χ2n) is 3.01. The Morgan fingerprint density at radius 2 is 1.12 bits per heavy atom. The second-order valence-corrected chi connectivity index (χ2v) is 3.01. The van der Waals surface area contributed by atoms with Gasteiger partial charge in [-0.1, -0.05) is 22.3 Å². The Morgan fingerprint density at radius 3 is 1.24 bits per heavy atom. The lowest BCUT2D eigenvalue weighted by Gasteiger charge is -2.19. The minimum Gasteiger partial charge on any atom is -0.481 e. The summed E-state index contributed by atoms with van der Waals surface area (Å²) in [5.74, 6) is -4.07. The number of hydrogen-bond donors (Lipinski definition) is 4. The van der Waals surface area contributed by atoms with Gasteiger partial charge in [-0.25, -0.2) is 0 Å². The van der Waals surface area contributed by atoms with E-state index in [1.54, 1.807) is 0 Å². The number of rotatable bonds is 5. The molecule has 0 unspecified atom stereocenters. The van der Waals surface area contributed by atoms with Crippen LogP contribution in [-0.2, 0) is 14.4 Å². The summed E-state index contributed by atoms with van der Waals surface area (Å²) < 4.78 is 0. The van der Waals surface area contributed by atoms with Crippen LogP contribution in [0.2, 0.25) is 0 Å². The van der Waals surface area contributed by atoms with Crippen LogP contribution in [0.25, 0.3) is 0 Å². The van der Waals surface area contributed by atoms with E-state index in [0.29, 0.717) is 0 Å². The lowest BCUT2D eigenvalue weighted by atomic mass is 9.83. The Hall–Kier alpha value is -1.63. The molecular formula is C10H25NO6. The zero-order valence-corrected chi connectivity index (χ0v) is 7.69. The summed E-state index contributed by atoms with van der Waals surface area (Å²) in [5.41, 5.74) is -1.74. The van der Waals surface area contributed by atoms with Crippen molar-refractivity contribution < 1.29 is 29.7 Å². The molecule has 0 aliphatic carbocycles. The minimum atomic E-state index is -1.74. The van der Waals surface area contributed by atoms with Crippen LogP contribution in [0, 0.1) is 5.41 Å². The van der Waals surface area contributed by atoms with E-state index in [0.717, 1.165) is 6.92 Å². The fourth-order valence-corrected chi connectivity index (χ4v) is 0.881. The topological polar surface area (TPSA) is 147 Å². The van der Waals surface area contributed by atoms with Crippen LogP contribution >= 0.6 is 0 Å². The van der Waals surface area contributed by atoms with Gasteiger partial charge in [0.15, 0.2) is 0 Å². The van der Waals surface area contributed by atoms with Crippen LogP contribution in [0.15, 0.2) is 0 Å². The Kier molecular flexibility index (Phi) is 18.9. The van der Waals surface area contributed by atoms with Gasteiger partial charge in [-0.2, -0.15) is 0 Å². The monoisotopic (exact) mass is 255 g/mol. The van der Waals surface area contributed by atoms with E-state index in [9.17, 15) is 14.4 Å². The number of carboxylic acid groups (broad SMARTS) is 3. The van der Waals surface area contributed by atoms with E-state index in [1.807, 2.05) is 0 Å². The summed E-state index contributed by atoms with van der Waals surface area (Å²) >= 11 is 0. The van der Waals surface area contributed by atoms with E-state index in [4.69, 9.17) is 15.3 Å². The molecule has 0 rings (SSSR count). The van der Waals surface area contributed by atoms with Gasteiger partial charge in [0.1, 0.15) is 0 Å². The van der Waals surface area contributed by atoms with Crippen molar-refractivity contribution in [2.75, 3.05) is 0 Å². The maximum atomic E-state index is 10.6. The fraction of sp³-hybridized carbons (Fsp3) is 0.700. The molecule has 0 aromatic carbocycles. The van der Waals surface area contributed by atoms with Crippen molar-refractivity contribution >= 4 is 17.9 Å². The minimum absolute atomic E-state index is 0. The summed E-state index contributed by atoms with van der Waals surface area (Å²) in [4.78, 5) is 31.1.